The first-order chi connectivity index (χ1) is 10.0. The highest BCUT2D eigenvalue weighted by Crippen LogP contribution is 2.29. The molecule has 110 valence electrons. The molecule has 7 heteroatoms. The van der Waals surface area contributed by atoms with Gasteiger partial charge in [-0.1, -0.05) is 12.1 Å². The van der Waals surface area contributed by atoms with Crippen LogP contribution in [0.5, 0.6) is 5.75 Å². The molecule has 2 aromatic rings. The first kappa shape index (κ1) is 14.7. The van der Waals surface area contributed by atoms with E-state index in [2.05, 4.69) is 5.32 Å². The molecular weight excluding hydrogens is 282 g/mol. The fourth-order valence-corrected chi connectivity index (χ4v) is 1.83. The van der Waals surface area contributed by atoms with Crippen LogP contribution < -0.4 is 10.1 Å². The second-order valence-electron chi connectivity index (χ2n) is 4.22. The lowest BCUT2D eigenvalue weighted by Gasteiger charge is -2.09. The van der Waals surface area contributed by atoms with Crippen LogP contribution in [0.2, 0.25) is 0 Å². The van der Waals surface area contributed by atoms with Gasteiger partial charge in [-0.3, -0.25) is 10.1 Å². The number of nitro groups is 1. The highest BCUT2D eigenvalue weighted by Gasteiger charge is 2.21. The van der Waals surface area contributed by atoms with Gasteiger partial charge in [-0.2, -0.15) is 0 Å². The zero-order chi connectivity index (χ0) is 15.4. The largest absolute Gasteiger partial charge is 0.497 e. The zero-order valence-electron chi connectivity index (χ0n) is 11.1. The summed E-state index contributed by atoms with van der Waals surface area (Å²) in [5.41, 5.74) is -0.271. The number of anilines is 1. The van der Waals surface area contributed by atoms with E-state index in [1.165, 1.54) is 7.11 Å². The van der Waals surface area contributed by atoms with Gasteiger partial charge in [0.25, 0.3) is 5.69 Å². The number of nitro benzene ring substituents is 1. The lowest BCUT2D eigenvalue weighted by atomic mass is 10.2. The van der Waals surface area contributed by atoms with Gasteiger partial charge in [0.1, 0.15) is 5.75 Å². The van der Waals surface area contributed by atoms with Gasteiger partial charge in [0.15, 0.2) is 17.3 Å². The van der Waals surface area contributed by atoms with Crippen LogP contribution in [0.1, 0.15) is 5.56 Å². The van der Waals surface area contributed by atoms with E-state index >= 15 is 0 Å². The van der Waals surface area contributed by atoms with Crippen molar-refractivity contribution in [3.8, 4) is 5.75 Å². The van der Waals surface area contributed by atoms with Crippen molar-refractivity contribution in [2.75, 3.05) is 12.4 Å². The number of ether oxygens (including phenoxy) is 1. The summed E-state index contributed by atoms with van der Waals surface area (Å²) in [5, 5.41) is 13.4. The van der Waals surface area contributed by atoms with Crippen molar-refractivity contribution in [3.05, 3.63) is 63.7 Å². The van der Waals surface area contributed by atoms with Crippen LogP contribution in [0.25, 0.3) is 0 Å². The Labute approximate surface area is 119 Å². The summed E-state index contributed by atoms with van der Waals surface area (Å²) in [6.07, 6.45) is 0. The zero-order valence-corrected chi connectivity index (χ0v) is 11.1. The summed E-state index contributed by atoms with van der Waals surface area (Å²) in [6, 6.07) is 8.53. The lowest BCUT2D eigenvalue weighted by Crippen LogP contribution is -2.06. The summed E-state index contributed by atoms with van der Waals surface area (Å²) in [6.45, 7) is 0.0956. The maximum atomic E-state index is 13.7. The number of rotatable bonds is 5. The maximum absolute atomic E-state index is 13.7. The summed E-state index contributed by atoms with van der Waals surface area (Å²) in [7, 11) is 1.50. The number of hydrogen-bond donors (Lipinski definition) is 1. The first-order valence-electron chi connectivity index (χ1n) is 6.02. The molecule has 0 aliphatic heterocycles. The van der Waals surface area contributed by atoms with Gasteiger partial charge in [-0.05, 0) is 23.8 Å². The van der Waals surface area contributed by atoms with Crippen LogP contribution in [-0.4, -0.2) is 12.0 Å². The molecule has 0 bridgehead atoms. The monoisotopic (exact) mass is 294 g/mol. The molecule has 21 heavy (non-hydrogen) atoms. The molecule has 5 nitrogen and oxygen atoms in total. The summed E-state index contributed by atoms with van der Waals surface area (Å²) in [4.78, 5) is 10.1. The molecule has 0 aliphatic carbocycles. The molecular formula is C14H12F2N2O3. The minimum absolute atomic E-state index is 0.0956. The summed E-state index contributed by atoms with van der Waals surface area (Å²) < 4.78 is 32.0. The van der Waals surface area contributed by atoms with Crippen LogP contribution in [0.3, 0.4) is 0 Å². The van der Waals surface area contributed by atoms with Gasteiger partial charge in [0, 0.05) is 12.6 Å². The third kappa shape index (κ3) is 3.25. The van der Waals surface area contributed by atoms with E-state index in [1.807, 2.05) is 0 Å². The molecule has 0 saturated heterocycles. The number of nitrogens with zero attached hydrogens (tertiary/aromatic N) is 1. The topological polar surface area (TPSA) is 64.4 Å². The van der Waals surface area contributed by atoms with E-state index < -0.39 is 27.9 Å². The molecule has 1 N–H and O–H groups in total. The van der Waals surface area contributed by atoms with Crippen LogP contribution >= 0.6 is 0 Å². The van der Waals surface area contributed by atoms with Crippen molar-refractivity contribution in [2.45, 2.75) is 6.54 Å². The molecule has 0 atom stereocenters. The van der Waals surface area contributed by atoms with Gasteiger partial charge < -0.3 is 10.1 Å². The highest BCUT2D eigenvalue weighted by atomic mass is 19.2. The second kappa shape index (κ2) is 6.17. The Hall–Kier alpha value is -2.70. The van der Waals surface area contributed by atoms with E-state index in [0.29, 0.717) is 11.3 Å². The maximum Gasteiger partial charge on any atom is 0.295 e. The average Bonchev–Trinajstić information content (AvgIpc) is 2.48. The smallest absolute Gasteiger partial charge is 0.295 e. The number of nitrogens with one attached hydrogen (secondary N) is 1. The Morgan fingerprint density at radius 1 is 1.29 bits per heavy atom. The van der Waals surface area contributed by atoms with Crippen LogP contribution in [0.4, 0.5) is 20.2 Å². The Balaban J connectivity index is 2.26. The van der Waals surface area contributed by atoms with Gasteiger partial charge in [0.2, 0.25) is 0 Å². The molecule has 0 amide bonds. The van der Waals surface area contributed by atoms with Crippen molar-refractivity contribution in [1.82, 2.24) is 0 Å². The van der Waals surface area contributed by atoms with Crippen LogP contribution in [0, 0.1) is 21.7 Å². The molecule has 0 unspecified atom stereocenters. The fourth-order valence-electron chi connectivity index (χ4n) is 1.83. The quantitative estimate of drug-likeness (QED) is 0.677. The lowest BCUT2D eigenvalue weighted by molar-refractivity contribution is -0.384. The van der Waals surface area contributed by atoms with Crippen molar-refractivity contribution in [2.24, 2.45) is 0 Å². The number of methoxy groups -OCH3 is 1. The third-order valence-corrected chi connectivity index (χ3v) is 2.87. The van der Waals surface area contributed by atoms with Crippen molar-refractivity contribution in [1.29, 1.82) is 0 Å². The van der Waals surface area contributed by atoms with Gasteiger partial charge in [-0.25, -0.2) is 8.78 Å². The molecule has 0 radical (unpaired) electrons. The molecule has 0 saturated carbocycles. The molecule has 0 aliphatic rings. The predicted octanol–water partition coefficient (Wildman–Crippen LogP) is 3.49. The van der Waals surface area contributed by atoms with Crippen LogP contribution in [0.15, 0.2) is 36.4 Å². The standard InChI is InChI=1S/C14H12F2N2O3/c1-21-10-4-2-3-9(7-10)8-17-14-12(18(19)20)6-5-11(15)13(14)16/h2-7,17H,8H2,1H3. The molecule has 0 aromatic heterocycles. The molecule has 0 fully saturated rings. The average molecular weight is 294 g/mol. The first-order valence-corrected chi connectivity index (χ1v) is 6.02. The van der Waals surface area contributed by atoms with Gasteiger partial charge in [-0.15, -0.1) is 0 Å². The van der Waals surface area contributed by atoms with Crippen LogP contribution in [-0.2, 0) is 6.54 Å². The Morgan fingerprint density at radius 2 is 2.05 bits per heavy atom. The Morgan fingerprint density at radius 3 is 2.71 bits per heavy atom. The number of benzene rings is 2. The minimum Gasteiger partial charge on any atom is -0.497 e. The summed E-state index contributed by atoms with van der Waals surface area (Å²) in [5.74, 6) is -1.82. The van der Waals surface area contributed by atoms with E-state index in [9.17, 15) is 18.9 Å². The SMILES string of the molecule is COc1cccc(CNc2c([N+](=O)[O-])ccc(F)c2F)c1. The highest BCUT2D eigenvalue weighted by molar-refractivity contribution is 5.62. The number of hydrogen-bond acceptors (Lipinski definition) is 4. The van der Waals surface area contributed by atoms with Crippen molar-refractivity contribution < 1.29 is 18.4 Å². The normalized spacial score (nSPS) is 10.2. The van der Waals surface area contributed by atoms with Crippen molar-refractivity contribution >= 4 is 11.4 Å². The summed E-state index contributed by atoms with van der Waals surface area (Å²) >= 11 is 0. The number of halogens is 2. The van der Waals surface area contributed by atoms with E-state index in [1.54, 1.807) is 24.3 Å². The van der Waals surface area contributed by atoms with E-state index in [-0.39, 0.29) is 6.54 Å². The van der Waals surface area contributed by atoms with Gasteiger partial charge >= 0.3 is 0 Å². The molecule has 0 spiro atoms. The Bertz CT molecular complexity index is 677. The van der Waals surface area contributed by atoms with Crippen molar-refractivity contribution in [3.63, 3.8) is 0 Å². The molecule has 2 aromatic carbocycles. The Kier molecular flexibility index (Phi) is 4.32. The minimum atomic E-state index is -1.27. The fraction of sp³-hybridized carbons (Fsp3) is 0.143. The molecule has 0 heterocycles. The third-order valence-electron chi connectivity index (χ3n) is 2.87. The van der Waals surface area contributed by atoms with Gasteiger partial charge in [0.05, 0.1) is 12.0 Å². The molecule has 2 rings (SSSR count). The van der Waals surface area contributed by atoms with E-state index in [4.69, 9.17) is 4.74 Å². The second-order valence-corrected chi connectivity index (χ2v) is 4.22. The van der Waals surface area contributed by atoms with E-state index in [0.717, 1.165) is 12.1 Å². The predicted molar refractivity (Wildman–Crippen MR) is 73.3 cm³/mol.